The van der Waals surface area contributed by atoms with Gasteiger partial charge in [0.05, 0.1) is 23.0 Å². The van der Waals surface area contributed by atoms with Crippen molar-refractivity contribution in [3.05, 3.63) is 52.6 Å². The molecule has 11 heteroatoms. The van der Waals surface area contributed by atoms with Gasteiger partial charge in [0, 0.05) is 38.4 Å². The molecular weight excluding hydrogens is 466 g/mol. The van der Waals surface area contributed by atoms with Crippen LogP contribution in [0.25, 0.3) is 0 Å². The number of sulfonamides is 2. The second-order valence-corrected chi connectivity index (χ2v) is 12.2. The number of hydrogen-bond acceptors (Lipinski definition) is 6. The Kier molecular flexibility index (Phi) is 7.30. The van der Waals surface area contributed by atoms with Crippen molar-refractivity contribution in [3.63, 3.8) is 0 Å². The molecule has 0 aromatic heterocycles. The van der Waals surface area contributed by atoms with E-state index in [1.165, 1.54) is 36.6 Å². The number of anilines is 1. The van der Waals surface area contributed by atoms with Crippen molar-refractivity contribution in [1.82, 2.24) is 8.61 Å². The van der Waals surface area contributed by atoms with Gasteiger partial charge in [0.2, 0.25) is 20.0 Å². The Morgan fingerprint density at radius 3 is 2.21 bits per heavy atom. The van der Waals surface area contributed by atoms with E-state index in [9.17, 15) is 21.6 Å². The first kappa shape index (κ1) is 25.3. The van der Waals surface area contributed by atoms with Crippen LogP contribution >= 0.6 is 0 Å². The van der Waals surface area contributed by atoms with Crippen LogP contribution in [-0.2, 0) is 24.8 Å². The second-order valence-electron chi connectivity index (χ2n) is 8.15. The van der Waals surface area contributed by atoms with Crippen LogP contribution in [0.2, 0.25) is 0 Å². The Hall–Kier alpha value is -2.31. The zero-order chi connectivity index (χ0) is 24.6. The molecule has 180 valence electrons. The van der Waals surface area contributed by atoms with Gasteiger partial charge < -0.3 is 10.1 Å². The summed E-state index contributed by atoms with van der Waals surface area (Å²) in [5.41, 5.74) is 2.40. The number of carbonyl (C=O) groups excluding carboxylic acids is 1. The van der Waals surface area contributed by atoms with Crippen LogP contribution in [0, 0.1) is 20.8 Å². The minimum Gasteiger partial charge on any atom is -0.379 e. The van der Waals surface area contributed by atoms with Gasteiger partial charge in [-0.25, -0.2) is 21.1 Å². The van der Waals surface area contributed by atoms with Crippen LogP contribution in [0.5, 0.6) is 0 Å². The van der Waals surface area contributed by atoms with Crippen molar-refractivity contribution in [2.24, 2.45) is 0 Å². The van der Waals surface area contributed by atoms with Crippen LogP contribution in [-0.4, -0.2) is 71.8 Å². The molecule has 33 heavy (non-hydrogen) atoms. The molecule has 0 aliphatic carbocycles. The Morgan fingerprint density at radius 1 is 0.970 bits per heavy atom. The Bertz CT molecular complexity index is 1280. The Labute approximate surface area is 195 Å². The van der Waals surface area contributed by atoms with Crippen LogP contribution in [0.1, 0.15) is 27.0 Å². The van der Waals surface area contributed by atoms with Crippen molar-refractivity contribution in [2.45, 2.75) is 30.6 Å². The van der Waals surface area contributed by atoms with Gasteiger partial charge in [0.1, 0.15) is 0 Å². The fraction of sp³-hybridized carbons (Fsp3) is 0.409. The van der Waals surface area contributed by atoms with Gasteiger partial charge in [-0.05, 0) is 61.7 Å². The summed E-state index contributed by atoms with van der Waals surface area (Å²) < 4.78 is 59.1. The average Bonchev–Trinajstić information content (AvgIpc) is 2.77. The zero-order valence-electron chi connectivity index (χ0n) is 19.4. The quantitative estimate of drug-likeness (QED) is 0.657. The third kappa shape index (κ3) is 5.12. The van der Waals surface area contributed by atoms with E-state index in [-0.39, 0.29) is 28.4 Å². The van der Waals surface area contributed by atoms with Crippen LogP contribution in [0.3, 0.4) is 0 Å². The lowest BCUT2D eigenvalue weighted by molar-refractivity contribution is 0.0730. The number of nitrogens with one attached hydrogen (secondary N) is 1. The molecule has 0 saturated carbocycles. The van der Waals surface area contributed by atoms with Crippen molar-refractivity contribution in [3.8, 4) is 0 Å². The van der Waals surface area contributed by atoms with Gasteiger partial charge in [-0.15, -0.1) is 0 Å². The molecule has 0 spiro atoms. The molecule has 1 amide bonds. The fourth-order valence-electron chi connectivity index (χ4n) is 3.45. The van der Waals surface area contributed by atoms with E-state index in [2.05, 4.69) is 5.32 Å². The second kappa shape index (κ2) is 9.51. The van der Waals surface area contributed by atoms with E-state index in [1.807, 2.05) is 0 Å². The van der Waals surface area contributed by atoms with E-state index < -0.39 is 26.0 Å². The number of carbonyl (C=O) groups is 1. The van der Waals surface area contributed by atoms with E-state index in [4.69, 9.17) is 4.74 Å². The van der Waals surface area contributed by atoms with E-state index >= 15 is 0 Å². The molecule has 0 bridgehead atoms. The first-order valence-electron chi connectivity index (χ1n) is 10.4. The first-order chi connectivity index (χ1) is 15.4. The molecule has 1 saturated heterocycles. The highest BCUT2D eigenvalue weighted by atomic mass is 32.2. The molecule has 1 N–H and O–H groups in total. The number of morpholine rings is 1. The summed E-state index contributed by atoms with van der Waals surface area (Å²) in [4.78, 5) is 13.2. The molecular formula is C22H29N3O6S2. The average molecular weight is 496 g/mol. The standard InChI is InChI=1S/C22H29N3O6S2/c1-15-6-7-19(32(27,28)25-8-10-31-11-9-25)14-20(15)23-22(26)18-12-16(2)17(3)21(13-18)33(29,30)24(4)5/h6-7,12-14H,8-11H2,1-5H3,(H,23,26). The molecule has 1 fully saturated rings. The summed E-state index contributed by atoms with van der Waals surface area (Å²) in [6.45, 7) is 6.38. The topological polar surface area (TPSA) is 113 Å². The minimum atomic E-state index is -3.75. The van der Waals surface area contributed by atoms with Crippen molar-refractivity contribution < 1.29 is 26.4 Å². The number of benzene rings is 2. The van der Waals surface area contributed by atoms with E-state index in [1.54, 1.807) is 32.9 Å². The van der Waals surface area contributed by atoms with Gasteiger partial charge in [-0.1, -0.05) is 6.07 Å². The molecule has 0 atom stereocenters. The minimum absolute atomic E-state index is 0.0537. The first-order valence-corrected chi connectivity index (χ1v) is 13.3. The SMILES string of the molecule is Cc1ccc(S(=O)(=O)N2CCOCC2)cc1NC(=O)c1cc(C)c(C)c(S(=O)(=O)N(C)C)c1. The maximum atomic E-state index is 13.0. The lowest BCUT2D eigenvalue weighted by Gasteiger charge is -2.26. The highest BCUT2D eigenvalue weighted by Crippen LogP contribution is 2.26. The van der Waals surface area contributed by atoms with E-state index in [0.29, 0.717) is 35.6 Å². The predicted octanol–water partition coefficient (Wildman–Crippen LogP) is 2.14. The summed E-state index contributed by atoms with van der Waals surface area (Å²) in [7, 11) is -4.62. The molecule has 1 aliphatic rings. The number of amides is 1. The molecule has 3 rings (SSSR count). The van der Waals surface area contributed by atoms with Gasteiger partial charge in [-0.2, -0.15) is 4.31 Å². The maximum Gasteiger partial charge on any atom is 0.255 e. The lowest BCUT2D eigenvalue weighted by Crippen LogP contribution is -2.40. The van der Waals surface area contributed by atoms with Gasteiger partial charge in [0.15, 0.2) is 0 Å². The smallest absolute Gasteiger partial charge is 0.255 e. The largest absolute Gasteiger partial charge is 0.379 e. The van der Waals surface area contributed by atoms with Crippen LogP contribution in [0.4, 0.5) is 5.69 Å². The third-order valence-electron chi connectivity index (χ3n) is 5.71. The molecule has 1 heterocycles. The third-order valence-corrected chi connectivity index (χ3v) is 9.54. The molecule has 9 nitrogen and oxygen atoms in total. The maximum absolute atomic E-state index is 13.0. The van der Waals surface area contributed by atoms with Crippen molar-refractivity contribution >= 4 is 31.6 Å². The predicted molar refractivity (Wildman–Crippen MR) is 125 cm³/mol. The summed E-state index contributed by atoms with van der Waals surface area (Å²) in [5.74, 6) is -0.530. The Balaban J connectivity index is 1.95. The number of aryl methyl sites for hydroxylation is 2. The molecule has 0 radical (unpaired) electrons. The Morgan fingerprint density at radius 2 is 1.61 bits per heavy atom. The van der Waals surface area contributed by atoms with Gasteiger partial charge in [-0.3, -0.25) is 4.79 Å². The summed E-state index contributed by atoms with van der Waals surface area (Å²) in [6, 6.07) is 7.52. The van der Waals surface area contributed by atoms with Gasteiger partial charge in [0.25, 0.3) is 5.91 Å². The molecule has 0 unspecified atom stereocenters. The van der Waals surface area contributed by atoms with Crippen LogP contribution < -0.4 is 5.32 Å². The van der Waals surface area contributed by atoms with Gasteiger partial charge >= 0.3 is 0 Å². The number of nitrogens with zero attached hydrogens (tertiary/aromatic N) is 2. The highest BCUT2D eigenvalue weighted by molar-refractivity contribution is 7.89. The van der Waals surface area contributed by atoms with Crippen molar-refractivity contribution in [2.75, 3.05) is 45.7 Å². The summed E-state index contributed by atoms with van der Waals surface area (Å²) >= 11 is 0. The van der Waals surface area contributed by atoms with Crippen molar-refractivity contribution in [1.29, 1.82) is 0 Å². The molecule has 1 aliphatic heterocycles. The monoisotopic (exact) mass is 495 g/mol. The normalized spacial score (nSPS) is 15.6. The highest BCUT2D eigenvalue weighted by Gasteiger charge is 2.27. The summed E-state index contributed by atoms with van der Waals surface area (Å²) in [5, 5.41) is 2.74. The number of rotatable bonds is 6. The zero-order valence-corrected chi connectivity index (χ0v) is 21.0. The molecule has 2 aromatic carbocycles. The van der Waals surface area contributed by atoms with E-state index in [0.717, 1.165) is 4.31 Å². The number of ether oxygens (including phenoxy) is 1. The lowest BCUT2D eigenvalue weighted by atomic mass is 10.1. The summed E-state index contributed by atoms with van der Waals surface area (Å²) in [6.07, 6.45) is 0. The fourth-order valence-corrected chi connectivity index (χ4v) is 6.10. The molecule has 2 aromatic rings. The van der Waals surface area contributed by atoms with Crippen LogP contribution in [0.15, 0.2) is 40.1 Å². The number of hydrogen-bond donors (Lipinski definition) is 1.